The molecule has 1 unspecified atom stereocenters. The monoisotopic (exact) mass is 455 g/mol. The van der Waals surface area contributed by atoms with Gasteiger partial charge in [-0.2, -0.15) is 0 Å². The van der Waals surface area contributed by atoms with Crippen LogP contribution in [0.1, 0.15) is 55.5 Å². The van der Waals surface area contributed by atoms with Gasteiger partial charge < -0.3 is 14.7 Å². The number of fused-ring (bicyclic) bond motifs is 1. The van der Waals surface area contributed by atoms with E-state index in [1.807, 2.05) is 24.3 Å². The van der Waals surface area contributed by atoms with E-state index < -0.39 is 5.54 Å². The minimum absolute atomic E-state index is 0.0986. The van der Waals surface area contributed by atoms with Gasteiger partial charge in [0.2, 0.25) is 0 Å². The van der Waals surface area contributed by atoms with E-state index in [4.69, 9.17) is 4.74 Å². The normalized spacial score (nSPS) is 18.1. The van der Waals surface area contributed by atoms with Gasteiger partial charge in [-0.15, -0.1) is 0 Å². The number of carbonyl (C=O) groups excluding carboxylic acids is 1. The van der Waals surface area contributed by atoms with Crippen molar-refractivity contribution in [3.63, 3.8) is 0 Å². The van der Waals surface area contributed by atoms with E-state index in [0.717, 1.165) is 24.1 Å². The molecule has 1 aliphatic heterocycles. The van der Waals surface area contributed by atoms with Gasteiger partial charge in [-0.25, -0.2) is 4.79 Å². The number of hydrogen-bond acceptors (Lipinski definition) is 4. The highest BCUT2D eigenvalue weighted by molar-refractivity contribution is 5.86. The summed E-state index contributed by atoms with van der Waals surface area (Å²) in [6.45, 7) is 9.77. The molecular formula is C30H33NO3. The summed E-state index contributed by atoms with van der Waals surface area (Å²) in [5, 5.41) is 10.1. The Hall–Kier alpha value is -3.53. The molecule has 3 aromatic carbocycles. The smallest absolute Gasteiger partial charge is 0.330 e. The van der Waals surface area contributed by atoms with Crippen LogP contribution in [-0.4, -0.2) is 24.7 Å². The first-order valence-electron chi connectivity index (χ1n) is 11.7. The highest BCUT2D eigenvalue weighted by atomic mass is 16.5. The number of nitrogens with zero attached hydrogens (tertiary/aromatic N) is 1. The third-order valence-corrected chi connectivity index (χ3v) is 6.89. The number of carbonyl (C=O) groups is 1. The molecule has 0 saturated heterocycles. The molecule has 0 amide bonds. The van der Waals surface area contributed by atoms with Crippen LogP contribution in [0.5, 0.6) is 5.75 Å². The summed E-state index contributed by atoms with van der Waals surface area (Å²) in [6, 6.07) is 22.9. The summed E-state index contributed by atoms with van der Waals surface area (Å²) in [4.78, 5) is 13.9. The molecule has 176 valence electrons. The van der Waals surface area contributed by atoms with Crippen molar-refractivity contribution in [1.82, 2.24) is 0 Å². The van der Waals surface area contributed by atoms with Gasteiger partial charge >= 0.3 is 5.97 Å². The summed E-state index contributed by atoms with van der Waals surface area (Å²) >= 11 is 0. The lowest BCUT2D eigenvalue weighted by atomic mass is 9.76. The van der Waals surface area contributed by atoms with Crippen LogP contribution in [0.3, 0.4) is 0 Å². The van der Waals surface area contributed by atoms with Crippen molar-refractivity contribution in [2.75, 3.05) is 18.6 Å². The number of esters is 1. The van der Waals surface area contributed by atoms with Crippen molar-refractivity contribution in [2.24, 2.45) is 0 Å². The Labute approximate surface area is 202 Å². The molecule has 4 heteroatoms. The maximum atomic E-state index is 11.5. The Bertz CT molecular complexity index is 1200. The fourth-order valence-electron chi connectivity index (χ4n) is 4.85. The minimum Gasteiger partial charge on any atom is -0.508 e. The predicted octanol–water partition coefficient (Wildman–Crippen LogP) is 6.20. The number of anilines is 1. The van der Waals surface area contributed by atoms with Crippen molar-refractivity contribution in [2.45, 2.75) is 45.1 Å². The van der Waals surface area contributed by atoms with Crippen LogP contribution in [0, 0.1) is 0 Å². The molecule has 0 spiro atoms. The highest BCUT2D eigenvalue weighted by Gasteiger charge is 2.40. The summed E-state index contributed by atoms with van der Waals surface area (Å²) in [7, 11) is 1.37. The van der Waals surface area contributed by atoms with Gasteiger partial charge in [-0.05, 0) is 76.9 Å². The number of rotatable bonds is 4. The molecule has 0 aliphatic carbocycles. The summed E-state index contributed by atoms with van der Waals surface area (Å²) in [5.74, 6) is -0.0747. The van der Waals surface area contributed by atoms with Crippen molar-refractivity contribution in [1.29, 1.82) is 0 Å². The van der Waals surface area contributed by atoms with Crippen LogP contribution in [0.15, 0.2) is 72.8 Å². The maximum Gasteiger partial charge on any atom is 0.330 e. The molecule has 1 atom stereocenters. The Morgan fingerprint density at radius 2 is 1.71 bits per heavy atom. The van der Waals surface area contributed by atoms with Crippen LogP contribution in [-0.2, 0) is 26.9 Å². The van der Waals surface area contributed by atoms with Gasteiger partial charge in [0.1, 0.15) is 5.75 Å². The van der Waals surface area contributed by atoms with E-state index in [1.165, 1.54) is 35.6 Å². The number of aromatic hydroxyl groups is 1. The topological polar surface area (TPSA) is 49.8 Å². The number of phenols is 1. The Morgan fingerprint density at radius 1 is 1.03 bits per heavy atom. The first kappa shape index (κ1) is 23.6. The third kappa shape index (κ3) is 4.45. The zero-order chi connectivity index (χ0) is 24.5. The molecule has 1 N–H and O–H groups in total. The summed E-state index contributed by atoms with van der Waals surface area (Å²) in [6.07, 6.45) is 4.05. The lowest BCUT2D eigenvalue weighted by Gasteiger charge is -2.48. The van der Waals surface area contributed by atoms with Crippen molar-refractivity contribution >= 4 is 17.7 Å². The molecule has 1 heterocycles. The average Bonchev–Trinajstić information content (AvgIpc) is 2.82. The molecule has 4 nitrogen and oxygen atoms in total. The number of methoxy groups -OCH3 is 1. The van der Waals surface area contributed by atoms with Gasteiger partial charge in [0, 0.05) is 18.3 Å². The SMILES string of the molecule is COC(=O)/C=C/c1ccc(C2(C)c3ccc(O)cc3CCN2c2ccc(C(C)(C)C)cc2)cc1. The van der Waals surface area contributed by atoms with Gasteiger partial charge in [0.05, 0.1) is 12.6 Å². The fourth-order valence-corrected chi connectivity index (χ4v) is 4.85. The van der Waals surface area contributed by atoms with Crippen molar-refractivity contribution in [3.8, 4) is 5.75 Å². The molecule has 0 fully saturated rings. The standard InChI is InChI=1S/C30H33NO3/c1-29(2,3)23-11-13-25(14-12-23)31-19-18-22-20-26(32)15-16-27(22)30(31,4)24-9-6-21(7-10-24)8-17-28(33)34-5/h6-17,20,32H,18-19H2,1-5H3/b17-8+. The quantitative estimate of drug-likeness (QED) is 0.376. The van der Waals surface area contributed by atoms with E-state index >= 15 is 0 Å². The van der Waals surface area contributed by atoms with E-state index in [9.17, 15) is 9.90 Å². The van der Waals surface area contributed by atoms with Crippen LogP contribution < -0.4 is 4.90 Å². The molecule has 0 aromatic heterocycles. The number of phenolic OH excluding ortho intramolecular Hbond substituents is 1. The minimum atomic E-state index is -0.422. The zero-order valence-electron chi connectivity index (χ0n) is 20.6. The fraction of sp³-hybridized carbons (Fsp3) is 0.300. The Kier molecular flexibility index (Phi) is 6.26. The second-order valence-corrected chi connectivity index (χ2v) is 10.1. The van der Waals surface area contributed by atoms with E-state index in [-0.39, 0.29) is 11.4 Å². The maximum absolute atomic E-state index is 11.5. The second-order valence-electron chi connectivity index (χ2n) is 10.1. The third-order valence-electron chi connectivity index (χ3n) is 6.89. The summed E-state index contributed by atoms with van der Waals surface area (Å²) in [5.41, 5.74) is 6.59. The van der Waals surface area contributed by atoms with Crippen LogP contribution in [0.25, 0.3) is 6.08 Å². The van der Waals surface area contributed by atoms with E-state index in [2.05, 4.69) is 69.0 Å². The average molecular weight is 456 g/mol. The van der Waals surface area contributed by atoms with E-state index in [0.29, 0.717) is 5.75 Å². The molecule has 4 rings (SSSR count). The van der Waals surface area contributed by atoms with Gasteiger partial charge in [-0.1, -0.05) is 63.2 Å². The lowest BCUT2D eigenvalue weighted by molar-refractivity contribution is -0.134. The van der Waals surface area contributed by atoms with Gasteiger partial charge in [-0.3, -0.25) is 0 Å². The van der Waals surface area contributed by atoms with Gasteiger partial charge in [0.25, 0.3) is 0 Å². The van der Waals surface area contributed by atoms with Crippen LogP contribution in [0.4, 0.5) is 5.69 Å². The largest absolute Gasteiger partial charge is 0.508 e. The van der Waals surface area contributed by atoms with Crippen molar-refractivity contribution < 1.29 is 14.6 Å². The molecule has 34 heavy (non-hydrogen) atoms. The Morgan fingerprint density at radius 3 is 2.32 bits per heavy atom. The van der Waals surface area contributed by atoms with E-state index in [1.54, 1.807) is 12.1 Å². The molecule has 1 aliphatic rings. The summed E-state index contributed by atoms with van der Waals surface area (Å²) < 4.78 is 4.70. The molecule has 3 aromatic rings. The first-order chi connectivity index (χ1) is 16.1. The van der Waals surface area contributed by atoms with Crippen LogP contribution >= 0.6 is 0 Å². The highest BCUT2D eigenvalue weighted by Crippen LogP contribution is 2.44. The zero-order valence-corrected chi connectivity index (χ0v) is 20.6. The van der Waals surface area contributed by atoms with Crippen molar-refractivity contribution in [3.05, 3.63) is 101 Å². The molecule has 0 bridgehead atoms. The first-order valence-corrected chi connectivity index (χ1v) is 11.7. The molecule has 0 saturated carbocycles. The number of hydrogen-bond donors (Lipinski definition) is 1. The second kappa shape index (κ2) is 9.02. The molecular weight excluding hydrogens is 422 g/mol. The lowest BCUT2D eigenvalue weighted by Crippen LogP contribution is -2.49. The molecule has 0 radical (unpaired) electrons. The van der Waals surface area contributed by atoms with Crippen LogP contribution in [0.2, 0.25) is 0 Å². The number of benzene rings is 3. The predicted molar refractivity (Wildman–Crippen MR) is 138 cm³/mol. The van der Waals surface area contributed by atoms with Gasteiger partial charge in [0.15, 0.2) is 0 Å². The Balaban J connectivity index is 1.79. The number of ether oxygens (including phenoxy) is 1.